The van der Waals surface area contributed by atoms with Crippen LogP contribution in [0.1, 0.15) is 5.56 Å². The number of hydrogen-bond donors (Lipinski definition) is 1. The fourth-order valence-corrected chi connectivity index (χ4v) is 0.448. The molecule has 44 valence electrons. The Bertz CT molecular complexity index is 173. The Hall–Kier alpha value is -0.860. The maximum Gasteiger partial charge on any atom is 0.197 e. The molecular formula is C5H5F2N. The third-order valence-corrected chi connectivity index (χ3v) is 1.01. The van der Waals surface area contributed by atoms with Gasteiger partial charge in [-0.05, 0) is 6.92 Å². The third kappa shape index (κ3) is 0.598. The molecule has 0 saturated carbocycles. The van der Waals surface area contributed by atoms with Gasteiger partial charge in [-0.2, -0.15) is 4.39 Å². The molecule has 1 N–H and O–H groups in total. The quantitative estimate of drug-likeness (QED) is 0.531. The Labute approximate surface area is 45.3 Å². The Kier molecular flexibility index (Phi) is 1.04. The van der Waals surface area contributed by atoms with Crippen molar-refractivity contribution in [1.29, 1.82) is 0 Å². The molecular weight excluding hydrogens is 112 g/mol. The molecule has 0 spiro atoms. The van der Waals surface area contributed by atoms with Crippen molar-refractivity contribution in [2.75, 3.05) is 0 Å². The van der Waals surface area contributed by atoms with Crippen molar-refractivity contribution in [1.82, 2.24) is 4.98 Å². The Morgan fingerprint density at radius 1 is 1.50 bits per heavy atom. The van der Waals surface area contributed by atoms with E-state index in [9.17, 15) is 8.78 Å². The van der Waals surface area contributed by atoms with E-state index in [-0.39, 0.29) is 5.56 Å². The normalized spacial score (nSPS) is 9.88. The van der Waals surface area contributed by atoms with Gasteiger partial charge in [0.25, 0.3) is 0 Å². The Morgan fingerprint density at radius 3 is 2.25 bits per heavy atom. The van der Waals surface area contributed by atoms with Crippen LogP contribution in [0, 0.1) is 18.7 Å². The molecule has 0 aromatic carbocycles. The van der Waals surface area contributed by atoms with Gasteiger partial charge in [0.15, 0.2) is 5.95 Å². The number of aromatic amines is 1. The molecule has 1 aromatic heterocycles. The molecule has 1 heterocycles. The molecule has 0 radical (unpaired) electrons. The molecule has 8 heavy (non-hydrogen) atoms. The average Bonchev–Trinajstić information content (AvgIpc) is 1.98. The van der Waals surface area contributed by atoms with Crippen LogP contribution in [-0.2, 0) is 0 Å². The summed E-state index contributed by atoms with van der Waals surface area (Å²) in [6.07, 6.45) is 0.991. The minimum Gasteiger partial charge on any atom is -0.335 e. The average molecular weight is 117 g/mol. The van der Waals surface area contributed by atoms with Crippen molar-refractivity contribution >= 4 is 0 Å². The summed E-state index contributed by atoms with van der Waals surface area (Å²) in [6.45, 7) is 1.38. The molecule has 0 unspecified atom stereocenters. The summed E-state index contributed by atoms with van der Waals surface area (Å²) in [4.78, 5) is 2.09. The van der Waals surface area contributed by atoms with Crippen LogP contribution < -0.4 is 0 Å². The van der Waals surface area contributed by atoms with E-state index in [1.165, 1.54) is 6.92 Å². The zero-order chi connectivity index (χ0) is 6.15. The highest BCUT2D eigenvalue weighted by Gasteiger charge is 2.02. The largest absolute Gasteiger partial charge is 0.335 e. The number of halogens is 2. The van der Waals surface area contributed by atoms with Crippen LogP contribution in [0.4, 0.5) is 8.78 Å². The molecule has 0 bridgehead atoms. The molecule has 1 rings (SSSR count). The zero-order valence-corrected chi connectivity index (χ0v) is 4.33. The Balaban J connectivity index is 3.19. The van der Waals surface area contributed by atoms with Gasteiger partial charge < -0.3 is 4.98 Å². The first-order valence-corrected chi connectivity index (χ1v) is 2.21. The fraction of sp³-hybridized carbons (Fsp3) is 0.200. The third-order valence-electron chi connectivity index (χ3n) is 1.01. The summed E-state index contributed by atoms with van der Waals surface area (Å²) in [5.41, 5.74) is 0.0463. The van der Waals surface area contributed by atoms with E-state index in [0.717, 1.165) is 6.20 Å². The lowest BCUT2D eigenvalue weighted by atomic mass is 10.4. The van der Waals surface area contributed by atoms with E-state index in [0.29, 0.717) is 0 Å². The van der Waals surface area contributed by atoms with E-state index >= 15 is 0 Å². The van der Waals surface area contributed by atoms with E-state index < -0.39 is 11.8 Å². The molecule has 3 heteroatoms. The van der Waals surface area contributed by atoms with Gasteiger partial charge in [-0.3, -0.25) is 0 Å². The van der Waals surface area contributed by atoms with Gasteiger partial charge in [-0.1, -0.05) is 0 Å². The van der Waals surface area contributed by atoms with E-state index in [1.54, 1.807) is 0 Å². The lowest BCUT2D eigenvalue weighted by Gasteiger charge is -1.79. The first-order chi connectivity index (χ1) is 3.72. The lowest BCUT2D eigenvalue weighted by Crippen LogP contribution is -1.75. The molecule has 0 saturated heterocycles. The maximum absolute atomic E-state index is 12.1. The second-order valence-corrected chi connectivity index (χ2v) is 1.58. The first kappa shape index (κ1) is 5.28. The topological polar surface area (TPSA) is 15.8 Å². The predicted molar refractivity (Wildman–Crippen MR) is 25.4 cm³/mol. The molecule has 1 aromatic rings. The molecule has 0 fully saturated rings. The van der Waals surface area contributed by atoms with Gasteiger partial charge in [0.05, 0.1) is 0 Å². The first-order valence-electron chi connectivity index (χ1n) is 2.21. The van der Waals surface area contributed by atoms with Crippen LogP contribution in [0.3, 0.4) is 0 Å². The van der Waals surface area contributed by atoms with Crippen molar-refractivity contribution in [3.8, 4) is 0 Å². The molecule has 0 aliphatic heterocycles. The summed E-state index contributed by atoms with van der Waals surface area (Å²) in [6, 6.07) is 0. The van der Waals surface area contributed by atoms with Crippen LogP contribution in [0.25, 0.3) is 0 Å². The second-order valence-electron chi connectivity index (χ2n) is 1.58. The van der Waals surface area contributed by atoms with Crippen molar-refractivity contribution in [3.05, 3.63) is 23.5 Å². The van der Waals surface area contributed by atoms with Crippen LogP contribution in [0.5, 0.6) is 0 Å². The van der Waals surface area contributed by atoms with E-state index in [1.807, 2.05) is 0 Å². The number of H-pyrrole nitrogens is 1. The SMILES string of the molecule is Cc1c(F)c[nH]c1F. The van der Waals surface area contributed by atoms with Gasteiger partial charge in [0, 0.05) is 11.8 Å². The zero-order valence-electron chi connectivity index (χ0n) is 4.33. The number of rotatable bonds is 0. The van der Waals surface area contributed by atoms with E-state index in [2.05, 4.69) is 4.98 Å². The summed E-state index contributed by atoms with van der Waals surface area (Å²) < 4.78 is 24.1. The molecule has 0 atom stereocenters. The van der Waals surface area contributed by atoms with Crippen LogP contribution in [-0.4, -0.2) is 4.98 Å². The standard InChI is InChI=1S/C5H5F2N/c1-3-4(6)2-8-5(3)7/h2,8H,1H3. The summed E-state index contributed by atoms with van der Waals surface area (Å²) in [5, 5.41) is 0. The second kappa shape index (κ2) is 1.58. The van der Waals surface area contributed by atoms with Crippen LogP contribution in [0.2, 0.25) is 0 Å². The lowest BCUT2D eigenvalue weighted by molar-refractivity contribution is 0.572. The van der Waals surface area contributed by atoms with Crippen molar-refractivity contribution in [3.63, 3.8) is 0 Å². The number of aromatic nitrogens is 1. The van der Waals surface area contributed by atoms with Crippen molar-refractivity contribution < 1.29 is 8.78 Å². The highest BCUT2D eigenvalue weighted by molar-refractivity contribution is 5.10. The molecule has 0 amide bonds. The number of nitrogens with one attached hydrogen (secondary N) is 1. The van der Waals surface area contributed by atoms with Gasteiger partial charge in [-0.25, -0.2) is 4.39 Å². The predicted octanol–water partition coefficient (Wildman–Crippen LogP) is 1.60. The minimum atomic E-state index is -0.595. The summed E-state index contributed by atoms with van der Waals surface area (Å²) in [7, 11) is 0. The monoisotopic (exact) mass is 117 g/mol. The van der Waals surface area contributed by atoms with Crippen molar-refractivity contribution in [2.24, 2.45) is 0 Å². The van der Waals surface area contributed by atoms with Crippen LogP contribution in [0.15, 0.2) is 6.20 Å². The highest BCUT2D eigenvalue weighted by Crippen LogP contribution is 2.06. The molecule has 1 nitrogen and oxygen atoms in total. The van der Waals surface area contributed by atoms with Crippen LogP contribution >= 0.6 is 0 Å². The maximum atomic E-state index is 12.1. The fourth-order valence-electron chi connectivity index (χ4n) is 0.448. The summed E-state index contributed by atoms with van der Waals surface area (Å²) in [5.74, 6) is -1.12. The van der Waals surface area contributed by atoms with Gasteiger partial charge in [-0.15, -0.1) is 0 Å². The summed E-state index contributed by atoms with van der Waals surface area (Å²) >= 11 is 0. The van der Waals surface area contributed by atoms with Gasteiger partial charge >= 0.3 is 0 Å². The molecule has 0 aliphatic rings. The minimum absolute atomic E-state index is 0.0463. The molecule has 0 aliphatic carbocycles. The van der Waals surface area contributed by atoms with Crippen molar-refractivity contribution in [2.45, 2.75) is 6.92 Å². The van der Waals surface area contributed by atoms with Gasteiger partial charge in [0.2, 0.25) is 0 Å². The highest BCUT2D eigenvalue weighted by atomic mass is 19.1. The smallest absolute Gasteiger partial charge is 0.197 e. The number of hydrogen-bond acceptors (Lipinski definition) is 0. The Morgan fingerprint density at radius 2 is 2.12 bits per heavy atom. The van der Waals surface area contributed by atoms with Gasteiger partial charge in [0.1, 0.15) is 5.82 Å². The van der Waals surface area contributed by atoms with E-state index in [4.69, 9.17) is 0 Å².